The number of ether oxygens (including phenoxy) is 1. The number of hydrogen-bond donors (Lipinski definition) is 1. The number of carbonyl (C=O) groups is 2. The van der Waals surface area contributed by atoms with Crippen molar-refractivity contribution in [1.29, 1.82) is 5.26 Å². The number of methoxy groups -OCH3 is 1. The molecule has 8 nitrogen and oxygen atoms in total. The van der Waals surface area contributed by atoms with Gasteiger partial charge in [0.25, 0.3) is 5.91 Å². The summed E-state index contributed by atoms with van der Waals surface area (Å²) in [5.41, 5.74) is 6.63. The predicted molar refractivity (Wildman–Crippen MR) is 105 cm³/mol. The van der Waals surface area contributed by atoms with Crippen LogP contribution in [-0.2, 0) is 4.79 Å². The van der Waals surface area contributed by atoms with E-state index in [-0.39, 0.29) is 24.4 Å². The highest BCUT2D eigenvalue weighted by Gasteiger charge is 2.34. The van der Waals surface area contributed by atoms with E-state index in [0.717, 1.165) is 25.8 Å². The lowest BCUT2D eigenvalue weighted by atomic mass is 9.99. The maximum absolute atomic E-state index is 12.6. The summed E-state index contributed by atoms with van der Waals surface area (Å²) in [6.07, 6.45) is 2.39. The van der Waals surface area contributed by atoms with Crippen molar-refractivity contribution in [3.63, 3.8) is 0 Å². The molecule has 0 radical (unpaired) electrons. The highest BCUT2D eigenvalue weighted by molar-refractivity contribution is 6.06. The molecule has 0 saturated carbocycles. The second-order valence-corrected chi connectivity index (χ2v) is 7.66. The summed E-state index contributed by atoms with van der Waals surface area (Å²) in [4.78, 5) is 28.5. The molecule has 1 aromatic carbocycles. The van der Waals surface area contributed by atoms with Gasteiger partial charge in [-0.25, -0.2) is 0 Å². The number of hydrogen-bond acceptors (Lipinski definition) is 6. The lowest BCUT2D eigenvalue weighted by Gasteiger charge is -2.23. The van der Waals surface area contributed by atoms with E-state index in [1.165, 1.54) is 0 Å². The van der Waals surface area contributed by atoms with E-state index in [0.29, 0.717) is 41.1 Å². The normalized spacial score (nSPS) is 22.1. The van der Waals surface area contributed by atoms with Crippen LogP contribution in [0.4, 0.5) is 0 Å². The second kappa shape index (κ2) is 7.76. The van der Waals surface area contributed by atoms with Crippen LogP contribution in [0, 0.1) is 11.3 Å². The summed E-state index contributed by atoms with van der Waals surface area (Å²) < 4.78 is 11.3. The van der Waals surface area contributed by atoms with Crippen molar-refractivity contribution in [3.8, 4) is 11.8 Å². The summed E-state index contributed by atoms with van der Waals surface area (Å²) in [5.74, 6) is 0.664. The molecule has 2 unspecified atom stereocenters. The summed E-state index contributed by atoms with van der Waals surface area (Å²) in [6, 6.07) is 7.20. The Bertz CT molecular complexity index is 992. The highest BCUT2D eigenvalue weighted by Crippen LogP contribution is 2.37. The summed E-state index contributed by atoms with van der Waals surface area (Å²) in [5, 5.41) is 9.88. The molecule has 0 spiro atoms. The minimum Gasteiger partial charge on any atom is -0.497 e. The van der Waals surface area contributed by atoms with Crippen molar-refractivity contribution in [2.75, 3.05) is 33.3 Å². The Labute approximate surface area is 168 Å². The van der Waals surface area contributed by atoms with Crippen LogP contribution in [0.1, 0.15) is 41.3 Å². The molecular formula is C21H24N4O4. The molecule has 3 heterocycles. The van der Waals surface area contributed by atoms with E-state index in [2.05, 4.69) is 11.0 Å². The molecule has 2 atom stereocenters. The second-order valence-electron chi connectivity index (χ2n) is 7.66. The van der Waals surface area contributed by atoms with E-state index in [4.69, 9.17) is 14.9 Å². The molecule has 2 amide bonds. The van der Waals surface area contributed by atoms with E-state index in [1.54, 1.807) is 30.2 Å². The predicted octanol–water partition coefficient (Wildman–Crippen LogP) is 1.84. The van der Waals surface area contributed by atoms with Crippen molar-refractivity contribution in [3.05, 3.63) is 29.5 Å². The number of furan rings is 1. The third-order valence-corrected chi connectivity index (χ3v) is 5.90. The van der Waals surface area contributed by atoms with Gasteiger partial charge in [0.15, 0.2) is 0 Å². The van der Waals surface area contributed by atoms with Crippen LogP contribution in [0.2, 0.25) is 0 Å². The van der Waals surface area contributed by atoms with Crippen LogP contribution in [-0.4, -0.2) is 60.9 Å². The van der Waals surface area contributed by atoms with Gasteiger partial charge in [-0.05, 0) is 37.9 Å². The summed E-state index contributed by atoms with van der Waals surface area (Å²) >= 11 is 0. The Hall–Kier alpha value is -3.05. The maximum atomic E-state index is 12.6. The fourth-order valence-corrected chi connectivity index (χ4v) is 4.44. The molecule has 2 saturated heterocycles. The third kappa shape index (κ3) is 3.54. The third-order valence-electron chi connectivity index (χ3n) is 5.90. The maximum Gasteiger partial charge on any atom is 0.252 e. The fraction of sp³-hybridized carbons (Fsp3) is 0.476. The average Bonchev–Trinajstić information content (AvgIpc) is 3.44. The van der Waals surface area contributed by atoms with E-state index < -0.39 is 5.91 Å². The number of benzene rings is 1. The first-order valence-electron chi connectivity index (χ1n) is 9.83. The molecule has 2 N–H and O–H groups in total. The van der Waals surface area contributed by atoms with Crippen LogP contribution >= 0.6 is 0 Å². The smallest absolute Gasteiger partial charge is 0.252 e. The minimum absolute atomic E-state index is 0.0147. The Balaban J connectivity index is 1.52. The molecule has 4 rings (SSSR count). The van der Waals surface area contributed by atoms with Crippen molar-refractivity contribution in [1.82, 2.24) is 9.80 Å². The van der Waals surface area contributed by atoms with Gasteiger partial charge in [-0.15, -0.1) is 0 Å². The SMILES string of the molecule is COc1ccc2c(C(N)=O)c(C3CCN(CC(=O)N4CCCC4C#N)C3)oc2c1. The molecule has 2 aliphatic heterocycles. The number of carbonyl (C=O) groups excluding carboxylic acids is 2. The number of nitrogens with two attached hydrogens (primary N) is 1. The van der Waals surface area contributed by atoms with Gasteiger partial charge in [0.2, 0.25) is 5.91 Å². The molecule has 2 aromatic rings. The lowest BCUT2D eigenvalue weighted by Crippen LogP contribution is -2.41. The first kappa shape index (κ1) is 19.3. The molecular weight excluding hydrogens is 372 g/mol. The topological polar surface area (TPSA) is 113 Å². The minimum atomic E-state index is -0.521. The number of fused-ring (bicyclic) bond motifs is 1. The average molecular weight is 396 g/mol. The molecule has 0 bridgehead atoms. The number of primary amides is 1. The van der Waals surface area contributed by atoms with Gasteiger partial charge in [-0.1, -0.05) is 0 Å². The Morgan fingerprint density at radius 1 is 1.34 bits per heavy atom. The molecule has 2 fully saturated rings. The van der Waals surface area contributed by atoms with Crippen molar-refractivity contribution >= 4 is 22.8 Å². The Kier molecular flexibility index (Phi) is 5.16. The van der Waals surface area contributed by atoms with Crippen molar-refractivity contribution in [2.45, 2.75) is 31.2 Å². The lowest BCUT2D eigenvalue weighted by molar-refractivity contribution is -0.132. The molecule has 1 aromatic heterocycles. The quantitative estimate of drug-likeness (QED) is 0.825. The monoisotopic (exact) mass is 396 g/mol. The number of rotatable bonds is 5. The number of nitriles is 1. The first-order valence-corrected chi connectivity index (χ1v) is 9.83. The summed E-state index contributed by atoms with van der Waals surface area (Å²) in [6.45, 7) is 2.24. The largest absolute Gasteiger partial charge is 0.497 e. The van der Waals surface area contributed by atoms with E-state index >= 15 is 0 Å². The Morgan fingerprint density at radius 2 is 2.17 bits per heavy atom. The molecule has 0 aliphatic carbocycles. The number of nitrogens with zero attached hydrogens (tertiary/aromatic N) is 3. The molecule has 8 heteroatoms. The van der Waals surface area contributed by atoms with Crippen LogP contribution in [0.25, 0.3) is 11.0 Å². The zero-order valence-corrected chi connectivity index (χ0v) is 16.4. The zero-order chi connectivity index (χ0) is 20.5. The highest BCUT2D eigenvalue weighted by atomic mass is 16.5. The standard InChI is InChI=1S/C21H24N4O4/c1-28-15-4-5-16-17(9-15)29-20(19(16)21(23)27)13-6-8-24(11-13)12-18(26)25-7-2-3-14(25)10-22/h4-5,9,13-14H,2-3,6-8,11-12H2,1H3,(H2,23,27). The van der Waals surface area contributed by atoms with Crippen molar-refractivity contribution < 1.29 is 18.7 Å². The van der Waals surface area contributed by atoms with Crippen LogP contribution in [0.5, 0.6) is 5.75 Å². The Morgan fingerprint density at radius 3 is 2.90 bits per heavy atom. The van der Waals surface area contributed by atoms with Crippen LogP contribution in [0.3, 0.4) is 0 Å². The molecule has 2 aliphatic rings. The first-order chi connectivity index (χ1) is 14.0. The van der Waals surface area contributed by atoms with Crippen LogP contribution < -0.4 is 10.5 Å². The van der Waals surface area contributed by atoms with Gasteiger partial charge < -0.3 is 19.8 Å². The van der Waals surface area contributed by atoms with Crippen molar-refractivity contribution in [2.24, 2.45) is 5.73 Å². The fourth-order valence-electron chi connectivity index (χ4n) is 4.44. The van der Waals surface area contributed by atoms with E-state index in [1.807, 2.05) is 0 Å². The summed E-state index contributed by atoms with van der Waals surface area (Å²) in [7, 11) is 1.57. The van der Waals surface area contributed by atoms with Gasteiger partial charge in [0.1, 0.15) is 23.1 Å². The molecule has 152 valence electrons. The zero-order valence-electron chi connectivity index (χ0n) is 16.4. The number of likely N-dealkylation sites (tertiary alicyclic amines) is 2. The van der Waals surface area contributed by atoms with Gasteiger partial charge >= 0.3 is 0 Å². The van der Waals surface area contributed by atoms with Gasteiger partial charge in [0, 0.05) is 30.5 Å². The van der Waals surface area contributed by atoms with Crippen LogP contribution in [0.15, 0.2) is 22.6 Å². The number of amides is 2. The van der Waals surface area contributed by atoms with Gasteiger partial charge in [0.05, 0.1) is 25.3 Å². The van der Waals surface area contributed by atoms with Gasteiger partial charge in [-0.3, -0.25) is 14.5 Å². The van der Waals surface area contributed by atoms with E-state index in [9.17, 15) is 14.9 Å². The molecule has 29 heavy (non-hydrogen) atoms. The van der Waals surface area contributed by atoms with Gasteiger partial charge in [-0.2, -0.15) is 5.26 Å².